The number of rotatable bonds is 7. The molecule has 1 N–H and O–H groups in total. The number of benzene rings is 1. The first kappa shape index (κ1) is 23.1. The van der Waals surface area contributed by atoms with Gasteiger partial charge in [-0.15, -0.1) is 11.3 Å². The lowest BCUT2D eigenvalue weighted by Crippen LogP contribution is -2.50. The van der Waals surface area contributed by atoms with E-state index in [0.29, 0.717) is 5.95 Å². The number of thiazole rings is 1. The summed E-state index contributed by atoms with van der Waals surface area (Å²) in [6, 6.07) is 14.1. The Balaban J connectivity index is 1.27. The quantitative estimate of drug-likeness (QED) is 0.385. The molecule has 4 aromatic rings. The third-order valence-corrected chi connectivity index (χ3v) is 7.40. The number of carbonyl (C=O) groups excluding carboxylic acids is 1. The molecule has 1 aliphatic rings. The van der Waals surface area contributed by atoms with Gasteiger partial charge < -0.3 is 15.0 Å². The fourth-order valence-corrected chi connectivity index (χ4v) is 5.18. The first-order chi connectivity index (χ1) is 17.1. The number of piperazine rings is 1. The molecule has 0 aliphatic carbocycles. The molecule has 1 aliphatic heterocycles. The van der Waals surface area contributed by atoms with Gasteiger partial charge in [0.25, 0.3) is 0 Å². The normalized spacial score (nSPS) is 15.1. The van der Waals surface area contributed by atoms with Crippen LogP contribution in [-0.2, 0) is 4.79 Å². The smallest absolute Gasteiger partial charge is 0.227 e. The molecule has 3 aromatic heterocycles. The zero-order valence-electron chi connectivity index (χ0n) is 19.8. The van der Waals surface area contributed by atoms with E-state index in [4.69, 9.17) is 9.97 Å². The molecule has 1 aromatic carbocycles. The second kappa shape index (κ2) is 10.3. The largest absolute Gasteiger partial charge is 0.369 e. The highest BCUT2D eigenvalue weighted by atomic mass is 32.1. The molecule has 35 heavy (non-hydrogen) atoms. The summed E-state index contributed by atoms with van der Waals surface area (Å²) in [5.41, 5.74) is 4.87. The Morgan fingerprint density at radius 1 is 1.03 bits per heavy atom. The molecule has 0 bridgehead atoms. The molecule has 9 heteroatoms. The van der Waals surface area contributed by atoms with Gasteiger partial charge in [0.1, 0.15) is 11.3 Å². The first-order valence-corrected chi connectivity index (χ1v) is 12.4. The summed E-state index contributed by atoms with van der Waals surface area (Å²) in [6.07, 6.45) is 6.37. The van der Waals surface area contributed by atoms with Crippen LogP contribution >= 0.6 is 11.3 Å². The summed E-state index contributed by atoms with van der Waals surface area (Å²) in [5, 5.41) is 4.24. The molecule has 0 amide bonds. The van der Waals surface area contributed by atoms with Crippen molar-refractivity contribution in [3.05, 3.63) is 66.7 Å². The Morgan fingerprint density at radius 3 is 2.54 bits per heavy atom. The van der Waals surface area contributed by atoms with Gasteiger partial charge in [-0.05, 0) is 56.3 Å². The molecular weight excluding hydrogens is 458 g/mol. The van der Waals surface area contributed by atoms with Crippen molar-refractivity contribution in [1.82, 2.24) is 24.8 Å². The number of hydrogen-bond acceptors (Lipinski definition) is 9. The minimum atomic E-state index is -0.0184. The van der Waals surface area contributed by atoms with Gasteiger partial charge in [-0.25, -0.2) is 15.0 Å². The van der Waals surface area contributed by atoms with E-state index in [-0.39, 0.29) is 6.04 Å². The van der Waals surface area contributed by atoms with Crippen LogP contribution < -0.4 is 10.2 Å². The molecule has 1 unspecified atom stereocenters. The van der Waals surface area contributed by atoms with Crippen molar-refractivity contribution in [2.45, 2.75) is 19.9 Å². The zero-order chi connectivity index (χ0) is 24.2. The van der Waals surface area contributed by atoms with Gasteiger partial charge in [-0.2, -0.15) is 0 Å². The third-order valence-electron chi connectivity index (χ3n) is 6.17. The number of nitrogens with one attached hydrogen (secondary N) is 1. The maximum absolute atomic E-state index is 11.0. The Labute approximate surface area is 208 Å². The van der Waals surface area contributed by atoms with Crippen molar-refractivity contribution >= 4 is 34.9 Å². The number of aryl methyl sites for hydroxylation is 1. The van der Waals surface area contributed by atoms with E-state index in [1.807, 2.05) is 50.4 Å². The summed E-state index contributed by atoms with van der Waals surface area (Å²) in [5.74, 6) is 0.544. The summed E-state index contributed by atoms with van der Waals surface area (Å²) < 4.78 is 0. The van der Waals surface area contributed by atoms with Crippen LogP contribution in [-0.4, -0.2) is 63.3 Å². The van der Waals surface area contributed by atoms with Crippen molar-refractivity contribution in [3.8, 4) is 21.1 Å². The van der Waals surface area contributed by atoms with Crippen molar-refractivity contribution in [3.63, 3.8) is 0 Å². The average molecular weight is 486 g/mol. The number of nitrogens with zero attached hydrogens (tertiary/aromatic N) is 6. The van der Waals surface area contributed by atoms with Crippen LogP contribution in [0.25, 0.3) is 21.1 Å². The van der Waals surface area contributed by atoms with Gasteiger partial charge in [0.15, 0.2) is 0 Å². The Bertz CT molecular complexity index is 1280. The average Bonchev–Trinajstić information content (AvgIpc) is 3.31. The molecule has 0 radical (unpaired) electrons. The van der Waals surface area contributed by atoms with Crippen LogP contribution in [0.1, 0.15) is 12.6 Å². The fraction of sp³-hybridized carbons (Fsp3) is 0.269. The molecule has 178 valence electrons. The van der Waals surface area contributed by atoms with Crippen molar-refractivity contribution in [2.75, 3.05) is 36.4 Å². The molecule has 5 rings (SSSR count). The molecule has 4 heterocycles. The van der Waals surface area contributed by atoms with Gasteiger partial charge in [0.2, 0.25) is 5.95 Å². The minimum absolute atomic E-state index is 0.0184. The van der Waals surface area contributed by atoms with E-state index in [2.05, 4.69) is 37.2 Å². The second-order valence-electron chi connectivity index (χ2n) is 8.51. The standard InChI is InChI=1S/C26H27N7OS/c1-18(17-34)32-12-14-33(15-13-32)22-7-5-21(6-8-22)30-26-28-11-9-23(31-26)24-19(2)29-25(35-24)20-4-3-10-27-16-20/h3-11,16-18H,12-15H2,1-2H3,(H,28,30,31). The van der Waals surface area contributed by atoms with Crippen LogP contribution in [0, 0.1) is 6.92 Å². The van der Waals surface area contributed by atoms with Gasteiger partial charge in [0, 0.05) is 61.7 Å². The highest BCUT2D eigenvalue weighted by Gasteiger charge is 2.21. The summed E-state index contributed by atoms with van der Waals surface area (Å²) in [6.45, 7) is 7.55. The van der Waals surface area contributed by atoms with E-state index in [0.717, 1.165) is 65.0 Å². The topological polar surface area (TPSA) is 87.1 Å². The lowest BCUT2D eigenvalue weighted by Gasteiger charge is -2.37. The molecule has 0 spiro atoms. The van der Waals surface area contributed by atoms with Crippen LogP contribution in [0.3, 0.4) is 0 Å². The number of pyridine rings is 1. The summed E-state index contributed by atoms with van der Waals surface area (Å²) in [4.78, 5) is 34.7. The summed E-state index contributed by atoms with van der Waals surface area (Å²) in [7, 11) is 0. The molecule has 1 fully saturated rings. The zero-order valence-corrected chi connectivity index (χ0v) is 20.6. The van der Waals surface area contributed by atoms with Crippen LogP contribution in [0.15, 0.2) is 61.1 Å². The number of carbonyl (C=O) groups is 1. The first-order valence-electron chi connectivity index (χ1n) is 11.6. The minimum Gasteiger partial charge on any atom is -0.369 e. The number of anilines is 3. The monoisotopic (exact) mass is 485 g/mol. The summed E-state index contributed by atoms with van der Waals surface area (Å²) >= 11 is 1.60. The van der Waals surface area contributed by atoms with Crippen LogP contribution in [0.4, 0.5) is 17.3 Å². The van der Waals surface area contributed by atoms with Gasteiger partial charge >= 0.3 is 0 Å². The predicted octanol–water partition coefficient (Wildman–Crippen LogP) is 4.42. The number of hydrogen-bond donors (Lipinski definition) is 1. The molecule has 8 nitrogen and oxygen atoms in total. The van der Waals surface area contributed by atoms with Gasteiger partial charge in [-0.1, -0.05) is 0 Å². The lowest BCUT2D eigenvalue weighted by molar-refractivity contribution is -0.112. The van der Waals surface area contributed by atoms with Gasteiger partial charge in [0.05, 0.1) is 22.3 Å². The predicted molar refractivity (Wildman–Crippen MR) is 140 cm³/mol. The molecule has 0 saturated carbocycles. The van der Waals surface area contributed by atoms with Crippen LogP contribution in [0.5, 0.6) is 0 Å². The highest BCUT2D eigenvalue weighted by molar-refractivity contribution is 7.18. The molecule has 1 saturated heterocycles. The van der Waals surface area contributed by atoms with Crippen molar-refractivity contribution in [2.24, 2.45) is 0 Å². The van der Waals surface area contributed by atoms with Crippen molar-refractivity contribution in [1.29, 1.82) is 0 Å². The SMILES string of the molecule is Cc1nc(-c2cccnc2)sc1-c1ccnc(Nc2ccc(N3CCN(C(C)C=O)CC3)cc2)n1. The van der Waals surface area contributed by atoms with Crippen molar-refractivity contribution < 1.29 is 4.79 Å². The lowest BCUT2D eigenvalue weighted by atomic mass is 10.2. The van der Waals surface area contributed by atoms with E-state index in [1.165, 1.54) is 5.69 Å². The number of aldehydes is 1. The van der Waals surface area contributed by atoms with E-state index >= 15 is 0 Å². The van der Waals surface area contributed by atoms with Crippen LogP contribution in [0.2, 0.25) is 0 Å². The fourth-order valence-electron chi connectivity index (χ4n) is 4.15. The van der Waals surface area contributed by atoms with E-state index in [1.54, 1.807) is 23.7 Å². The third kappa shape index (κ3) is 5.21. The van der Waals surface area contributed by atoms with E-state index < -0.39 is 0 Å². The maximum Gasteiger partial charge on any atom is 0.227 e. The maximum atomic E-state index is 11.0. The molecule has 1 atom stereocenters. The Morgan fingerprint density at radius 2 is 1.83 bits per heavy atom. The Kier molecular flexibility index (Phi) is 6.78. The van der Waals surface area contributed by atoms with E-state index in [9.17, 15) is 4.79 Å². The molecular formula is C26H27N7OS. The van der Waals surface area contributed by atoms with Gasteiger partial charge in [-0.3, -0.25) is 9.88 Å². The number of aromatic nitrogens is 4. The highest BCUT2D eigenvalue weighted by Crippen LogP contribution is 2.34. The Hall–Kier alpha value is -3.69. The second-order valence-corrected chi connectivity index (χ2v) is 9.51.